The third-order valence-corrected chi connectivity index (χ3v) is 2.46. The number of hydrogen-bond donors (Lipinski definition) is 1. The highest BCUT2D eigenvalue weighted by atomic mass is 16.5. The highest BCUT2D eigenvalue weighted by molar-refractivity contribution is 5.89. The van der Waals surface area contributed by atoms with E-state index in [1.54, 1.807) is 6.08 Å². The van der Waals surface area contributed by atoms with Crippen LogP contribution in [0.25, 0.3) is 6.08 Å². The summed E-state index contributed by atoms with van der Waals surface area (Å²) in [6, 6.07) is 7.32. The third-order valence-electron chi connectivity index (χ3n) is 2.46. The fraction of sp³-hybridized carbons (Fsp3) is 0.412. The average molecular weight is 305 g/mol. The average Bonchev–Trinajstić information content (AvgIpc) is 2.43. The smallest absolute Gasteiger partial charge is 0.331 e. The summed E-state index contributed by atoms with van der Waals surface area (Å²) in [7, 11) is 0. The molecule has 0 fully saturated rings. The van der Waals surface area contributed by atoms with Crippen LogP contribution in [0.1, 0.15) is 33.3 Å². The minimum atomic E-state index is -0.557. The van der Waals surface area contributed by atoms with Crippen molar-refractivity contribution in [3.05, 3.63) is 35.9 Å². The summed E-state index contributed by atoms with van der Waals surface area (Å²) in [5.74, 6) is -0.102. The van der Waals surface area contributed by atoms with Gasteiger partial charge in [-0.15, -0.1) is 0 Å². The second-order valence-electron chi connectivity index (χ2n) is 5.74. The number of esters is 1. The molecule has 120 valence electrons. The molecule has 0 saturated heterocycles. The van der Waals surface area contributed by atoms with Crippen molar-refractivity contribution in [1.82, 2.24) is 5.32 Å². The van der Waals surface area contributed by atoms with E-state index in [-0.39, 0.29) is 18.1 Å². The minimum absolute atomic E-state index is 0.288. The molecule has 0 atom stereocenters. The van der Waals surface area contributed by atoms with Gasteiger partial charge in [-0.25, -0.2) is 4.79 Å². The summed E-state index contributed by atoms with van der Waals surface area (Å²) in [6.45, 7) is 7.82. The van der Waals surface area contributed by atoms with Gasteiger partial charge in [-0.1, -0.05) is 12.1 Å². The first kappa shape index (κ1) is 17.8. The first-order chi connectivity index (χ1) is 10.3. The van der Waals surface area contributed by atoms with Crippen LogP contribution >= 0.6 is 0 Å². The maximum Gasteiger partial charge on any atom is 0.331 e. The fourth-order valence-electron chi connectivity index (χ4n) is 1.65. The van der Waals surface area contributed by atoms with Gasteiger partial charge in [0, 0.05) is 11.6 Å². The monoisotopic (exact) mass is 305 g/mol. The van der Waals surface area contributed by atoms with Crippen molar-refractivity contribution in [2.75, 3.05) is 13.2 Å². The largest absolute Gasteiger partial charge is 0.494 e. The number of ether oxygens (including phenoxy) is 2. The quantitative estimate of drug-likeness (QED) is 0.648. The molecule has 0 aliphatic heterocycles. The molecule has 1 aromatic carbocycles. The highest BCUT2D eigenvalue weighted by Crippen LogP contribution is 2.13. The predicted molar refractivity (Wildman–Crippen MR) is 85.5 cm³/mol. The molecule has 0 aliphatic carbocycles. The van der Waals surface area contributed by atoms with Gasteiger partial charge in [-0.3, -0.25) is 4.79 Å². The Bertz CT molecular complexity index is 527. The van der Waals surface area contributed by atoms with Crippen molar-refractivity contribution in [2.45, 2.75) is 33.2 Å². The van der Waals surface area contributed by atoms with Gasteiger partial charge in [-0.2, -0.15) is 0 Å². The van der Waals surface area contributed by atoms with Crippen LogP contribution in [0.4, 0.5) is 0 Å². The van der Waals surface area contributed by atoms with E-state index < -0.39 is 5.97 Å². The third kappa shape index (κ3) is 7.47. The van der Waals surface area contributed by atoms with Crippen molar-refractivity contribution in [1.29, 1.82) is 0 Å². The second-order valence-corrected chi connectivity index (χ2v) is 5.74. The Morgan fingerprint density at radius 2 is 1.82 bits per heavy atom. The van der Waals surface area contributed by atoms with E-state index >= 15 is 0 Å². The SMILES string of the molecule is CCOc1ccc(/C=C/C(=O)OCC(=O)NC(C)(C)C)cc1. The van der Waals surface area contributed by atoms with Gasteiger partial charge in [0.1, 0.15) is 5.75 Å². The van der Waals surface area contributed by atoms with Gasteiger partial charge in [0.05, 0.1) is 6.61 Å². The Morgan fingerprint density at radius 3 is 2.36 bits per heavy atom. The van der Waals surface area contributed by atoms with Crippen molar-refractivity contribution in [3.8, 4) is 5.75 Å². The molecule has 5 nitrogen and oxygen atoms in total. The van der Waals surface area contributed by atoms with Crippen molar-refractivity contribution < 1.29 is 19.1 Å². The summed E-state index contributed by atoms with van der Waals surface area (Å²) in [5, 5.41) is 2.71. The van der Waals surface area contributed by atoms with E-state index in [0.29, 0.717) is 6.61 Å². The van der Waals surface area contributed by atoms with E-state index in [1.165, 1.54) is 6.08 Å². The second kappa shape index (κ2) is 8.22. The normalized spacial score (nSPS) is 11.3. The lowest BCUT2D eigenvalue weighted by atomic mass is 10.1. The van der Waals surface area contributed by atoms with Gasteiger partial charge in [0.2, 0.25) is 0 Å². The van der Waals surface area contributed by atoms with Crippen molar-refractivity contribution in [3.63, 3.8) is 0 Å². The summed E-state index contributed by atoms with van der Waals surface area (Å²) in [6.07, 6.45) is 2.92. The van der Waals surface area contributed by atoms with Gasteiger partial charge in [-0.05, 0) is 51.5 Å². The molecule has 1 rings (SSSR count). The molecule has 0 aliphatic rings. The van der Waals surface area contributed by atoms with Crippen LogP contribution < -0.4 is 10.1 Å². The molecule has 0 radical (unpaired) electrons. The number of nitrogens with one attached hydrogen (secondary N) is 1. The maximum atomic E-state index is 11.5. The minimum Gasteiger partial charge on any atom is -0.494 e. The van der Waals surface area contributed by atoms with Gasteiger partial charge >= 0.3 is 5.97 Å². The zero-order valence-corrected chi connectivity index (χ0v) is 13.5. The molecule has 0 unspecified atom stereocenters. The Balaban J connectivity index is 2.42. The molecule has 0 spiro atoms. The first-order valence-corrected chi connectivity index (χ1v) is 7.19. The van der Waals surface area contributed by atoms with Gasteiger partial charge in [0.15, 0.2) is 6.61 Å². The molecule has 1 amide bonds. The van der Waals surface area contributed by atoms with E-state index in [4.69, 9.17) is 9.47 Å². The molecular weight excluding hydrogens is 282 g/mol. The van der Waals surface area contributed by atoms with Crippen LogP contribution in [0.2, 0.25) is 0 Å². The van der Waals surface area contributed by atoms with Gasteiger partial charge in [0.25, 0.3) is 5.91 Å². The standard InChI is InChI=1S/C17H23NO4/c1-5-21-14-9-6-13(7-10-14)8-11-16(20)22-12-15(19)18-17(2,3)4/h6-11H,5,12H2,1-4H3,(H,18,19)/b11-8+. The van der Waals surface area contributed by atoms with Crippen LogP contribution in [0.3, 0.4) is 0 Å². The molecule has 0 heterocycles. The summed E-state index contributed by atoms with van der Waals surface area (Å²) < 4.78 is 10.2. The summed E-state index contributed by atoms with van der Waals surface area (Å²) >= 11 is 0. The lowest BCUT2D eigenvalue weighted by molar-refractivity contribution is -0.144. The fourth-order valence-corrected chi connectivity index (χ4v) is 1.65. The number of benzene rings is 1. The van der Waals surface area contributed by atoms with Crippen LogP contribution in [-0.4, -0.2) is 30.6 Å². The zero-order valence-electron chi connectivity index (χ0n) is 13.5. The topological polar surface area (TPSA) is 64.6 Å². The molecule has 0 aromatic heterocycles. The molecule has 22 heavy (non-hydrogen) atoms. The first-order valence-electron chi connectivity index (χ1n) is 7.19. The van der Waals surface area contributed by atoms with Crippen LogP contribution in [0, 0.1) is 0 Å². The zero-order chi connectivity index (χ0) is 16.6. The number of carbonyl (C=O) groups is 2. The molecule has 0 bridgehead atoms. The van der Waals surface area contributed by atoms with Crippen LogP contribution in [-0.2, 0) is 14.3 Å². The molecule has 1 N–H and O–H groups in total. The number of amides is 1. The maximum absolute atomic E-state index is 11.5. The Hall–Kier alpha value is -2.30. The lowest BCUT2D eigenvalue weighted by Crippen LogP contribution is -2.42. The number of carbonyl (C=O) groups excluding carboxylic acids is 2. The van der Waals surface area contributed by atoms with Crippen molar-refractivity contribution in [2.24, 2.45) is 0 Å². The Labute approximate surface area is 131 Å². The Morgan fingerprint density at radius 1 is 1.18 bits per heavy atom. The molecular formula is C17H23NO4. The molecule has 1 aromatic rings. The molecule has 0 saturated carbocycles. The van der Waals surface area contributed by atoms with Crippen LogP contribution in [0.5, 0.6) is 5.75 Å². The highest BCUT2D eigenvalue weighted by Gasteiger charge is 2.14. The Kier molecular flexibility index (Phi) is 6.63. The van der Waals surface area contributed by atoms with E-state index in [1.807, 2.05) is 52.0 Å². The van der Waals surface area contributed by atoms with E-state index in [9.17, 15) is 9.59 Å². The van der Waals surface area contributed by atoms with Gasteiger partial charge < -0.3 is 14.8 Å². The predicted octanol–water partition coefficient (Wildman–Crippen LogP) is 2.56. The summed E-state index contributed by atoms with van der Waals surface area (Å²) in [5.41, 5.74) is 0.501. The number of hydrogen-bond acceptors (Lipinski definition) is 4. The molecule has 5 heteroatoms. The van der Waals surface area contributed by atoms with Crippen LogP contribution in [0.15, 0.2) is 30.3 Å². The van der Waals surface area contributed by atoms with E-state index in [2.05, 4.69) is 5.32 Å². The van der Waals surface area contributed by atoms with Crippen molar-refractivity contribution >= 4 is 18.0 Å². The number of rotatable bonds is 6. The van der Waals surface area contributed by atoms with E-state index in [0.717, 1.165) is 11.3 Å². The summed E-state index contributed by atoms with van der Waals surface area (Å²) in [4.78, 5) is 23.1. The lowest BCUT2D eigenvalue weighted by Gasteiger charge is -2.20.